The van der Waals surface area contributed by atoms with Gasteiger partial charge in [-0.05, 0) is 12.0 Å². The summed E-state index contributed by atoms with van der Waals surface area (Å²) in [5.41, 5.74) is 0.0569. The van der Waals surface area contributed by atoms with Gasteiger partial charge in [-0.15, -0.1) is 0 Å². The summed E-state index contributed by atoms with van der Waals surface area (Å²) in [6.45, 7) is 0. The van der Waals surface area contributed by atoms with Crippen LogP contribution in [0.3, 0.4) is 0 Å². The number of carbonyl (C=O) groups is 1. The van der Waals surface area contributed by atoms with Gasteiger partial charge in [0.05, 0.1) is 0 Å². The van der Waals surface area contributed by atoms with Gasteiger partial charge in [-0.25, -0.2) is 8.78 Å². The van der Waals surface area contributed by atoms with Gasteiger partial charge in [0.1, 0.15) is 0 Å². The molecule has 0 aromatic heterocycles. The van der Waals surface area contributed by atoms with Crippen LogP contribution in [0.25, 0.3) is 0 Å². The molecule has 66 valence electrons. The smallest absolute Gasteiger partial charge is 0.265 e. The molecule has 1 nitrogen and oxygen atoms in total. The molecule has 0 aliphatic carbocycles. The lowest BCUT2D eigenvalue weighted by Crippen LogP contribution is -1.89. The predicted molar refractivity (Wildman–Crippen MR) is 44.3 cm³/mol. The standard InChI is InChI=1S/C10H6F2O/c11-10(12)9-6-2-1-4-8(9)5-3-7-13/h1-2,4,6-7,10H. The number of hydrogen-bond donors (Lipinski definition) is 0. The van der Waals surface area contributed by atoms with Crippen LogP contribution in [-0.4, -0.2) is 6.29 Å². The Kier molecular flexibility index (Phi) is 3.15. The van der Waals surface area contributed by atoms with Crippen molar-refractivity contribution >= 4 is 6.29 Å². The van der Waals surface area contributed by atoms with Crippen molar-refractivity contribution in [2.24, 2.45) is 0 Å². The number of hydrogen-bond acceptors (Lipinski definition) is 1. The van der Waals surface area contributed by atoms with E-state index < -0.39 is 6.43 Å². The molecule has 1 aromatic carbocycles. The lowest BCUT2D eigenvalue weighted by atomic mass is 10.1. The van der Waals surface area contributed by atoms with Gasteiger partial charge in [-0.1, -0.05) is 24.1 Å². The Morgan fingerprint density at radius 3 is 2.62 bits per heavy atom. The fourth-order valence-electron chi connectivity index (χ4n) is 0.908. The van der Waals surface area contributed by atoms with Gasteiger partial charge < -0.3 is 0 Å². The van der Waals surface area contributed by atoms with Crippen molar-refractivity contribution in [3.8, 4) is 11.8 Å². The predicted octanol–water partition coefficient (Wildman–Crippen LogP) is 2.17. The van der Waals surface area contributed by atoms with Crippen LogP contribution in [0.5, 0.6) is 0 Å². The van der Waals surface area contributed by atoms with Gasteiger partial charge in [-0.3, -0.25) is 4.79 Å². The minimum atomic E-state index is -2.56. The van der Waals surface area contributed by atoms with Crippen LogP contribution in [0.15, 0.2) is 24.3 Å². The molecule has 3 heteroatoms. The molecule has 0 aliphatic rings. The van der Waals surface area contributed by atoms with Crippen LogP contribution in [-0.2, 0) is 4.79 Å². The molecule has 0 bridgehead atoms. The monoisotopic (exact) mass is 180 g/mol. The minimum Gasteiger partial charge on any atom is -0.289 e. The topological polar surface area (TPSA) is 17.1 Å². The van der Waals surface area contributed by atoms with Crippen LogP contribution >= 0.6 is 0 Å². The lowest BCUT2D eigenvalue weighted by molar-refractivity contribution is -0.103. The SMILES string of the molecule is O=CC#Cc1ccccc1C(F)F. The van der Waals surface area contributed by atoms with Crippen molar-refractivity contribution < 1.29 is 13.6 Å². The first kappa shape index (κ1) is 9.40. The molecule has 0 saturated carbocycles. The van der Waals surface area contributed by atoms with Gasteiger partial charge in [0.2, 0.25) is 0 Å². The van der Waals surface area contributed by atoms with Crippen LogP contribution < -0.4 is 0 Å². The summed E-state index contributed by atoms with van der Waals surface area (Å²) in [6, 6.07) is 5.85. The molecule has 0 spiro atoms. The van der Waals surface area contributed by atoms with Crippen LogP contribution in [0.4, 0.5) is 8.78 Å². The number of halogens is 2. The molecule has 0 unspecified atom stereocenters. The number of alkyl halides is 2. The molecule has 1 rings (SSSR count). The minimum absolute atomic E-state index is 0.142. The Morgan fingerprint density at radius 1 is 1.31 bits per heavy atom. The van der Waals surface area contributed by atoms with Crippen molar-refractivity contribution in [2.75, 3.05) is 0 Å². The molecule has 0 heterocycles. The Morgan fingerprint density at radius 2 is 2.00 bits per heavy atom. The highest BCUT2D eigenvalue weighted by atomic mass is 19.3. The van der Waals surface area contributed by atoms with Crippen molar-refractivity contribution in [3.05, 3.63) is 35.4 Å². The first-order chi connectivity index (χ1) is 6.25. The lowest BCUT2D eigenvalue weighted by Gasteiger charge is -2.00. The summed E-state index contributed by atoms with van der Waals surface area (Å²) in [5, 5.41) is 0. The maximum atomic E-state index is 12.3. The number of benzene rings is 1. The van der Waals surface area contributed by atoms with Gasteiger partial charge in [0.15, 0.2) is 6.29 Å². The average Bonchev–Trinajstić information content (AvgIpc) is 2.15. The van der Waals surface area contributed by atoms with Gasteiger partial charge >= 0.3 is 0 Å². The maximum absolute atomic E-state index is 12.3. The Balaban J connectivity index is 3.11. The van der Waals surface area contributed by atoms with E-state index in [-0.39, 0.29) is 11.1 Å². The van der Waals surface area contributed by atoms with Crippen molar-refractivity contribution in [1.29, 1.82) is 0 Å². The van der Waals surface area contributed by atoms with Crippen molar-refractivity contribution in [1.82, 2.24) is 0 Å². The average molecular weight is 180 g/mol. The van der Waals surface area contributed by atoms with Crippen LogP contribution in [0.2, 0.25) is 0 Å². The molecule has 0 fully saturated rings. The molecule has 1 aromatic rings. The largest absolute Gasteiger partial charge is 0.289 e. The highest BCUT2D eigenvalue weighted by molar-refractivity contribution is 5.74. The third-order valence-electron chi connectivity index (χ3n) is 1.46. The van der Waals surface area contributed by atoms with E-state index >= 15 is 0 Å². The van der Waals surface area contributed by atoms with E-state index in [4.69, 9.17) is 0 Å². The summed E-state index contributed by atoms with van der Waals surface area (Å²) in [4.78, 5) is 9.90. The van der Waals surface area contributed by atoms with E-state index in [1.54, 1.807) is 6.07 Å². The van der Waals surface area contributed by atoms with Gasteiger partial charge in [0, 0.05) is 11.1 Å². The molecule has 0 N–H and O–H groups in total. The van der Waals surface area contributed by atoms with Gasteiger partial charge in [-0.2, -0.15) is 0 Å². The van der Waals surface area contributed by atoms with Crippen LogP contribution in [0.1, 0.15) is 17.6 Å². The zero-order valence-electron chi connectivity index (χ0n) is 6.63. The molecule has 0 amide bonds. The summed E-state index contributed by atoms with van der Waals surface area (Å²) >= 11 is 0. The zero-order valence-corrected chi connectivity index (χ0v) is 6.63. The molecular weight excluding hydrogens is 174 g/mol. The van der Waals surface area contributed by atoms with E-state index in [1.807, 2.05) is 0 Å². The van der Waals surface area contributed by atoms with E-state index in [1.165, 1.54) is 18.2 Å². The highest BCUT2D eigenvalue weighted by Gasteiger charge is 2.09. The normalized spacial score (nSPS) is 9.15. The fraction of sp³-hybridized carbons (Fsp3) is 0.100. The quantitative estimate of drug-likeness (QED) is 0.478. The Hall–Kier alpha value is -1.69. The number of carbonyl (C=O) groups excluding carboxylic acids is 1. The third kappa shape index (κ3) is 2.38. The second-order valence-electron chi connectivity index (χ2n) is 2.28. The van der Waals surface area contributed by atoms with Crippen molar-refractivity contribution in [3.63, 3.8) is 0 Å². The fourth-order valence-corrected chi connectivity index (χ4v) is 0.908. The molecule has 0 aliphatic heterocycles. The van der Waals surface area contributed by atoms with Crippen LogP contribution in [0, 0.1) is 11.8 Å². The maximum Gasteiger partial charge on any atom is 0.265 e. The first-order valence-electron chi connectivity index (χ1n) is 3.58. The third-order valence-corrected chi connectivity index (χ3v) is 1.46. The van der Waals surface area contributed by atoms with Crippen molar-refractivity contribution in [2.45, 2.75) is 6.43 Å². The molecule has 13 heavy (non-hydrogen) atoms. The summed E-state index contributed by atoms with van der Waals surface area (Å²) in [7, 11) is 0. The van der Waals surface area contributed by atoms with Gasteiger partial charge in [0.25, 0.3) is 6.43 Å². The molecule has 0 atom stereocenters. The van der Waals surface area contributed by atoms with E-state index in [9.17, 15) is 13.6 Å². The molecule has 0 saturated heterocycles. The zero-order chi connectivity index (χ0) is 9.68. The second kappa shape index (κ2) is 4.36. The molecular formula is C10H6F2O. The van der Waals surface area contributed by atoms with E-state index in [2.05, 4.69) is 11.8 Å². The highest BCUT2D eigenvalue weighted by Crippen LogP contribution is 2.21. The summed E-state index contributed by atoms with van der Waals surface area (Å²) in [5.74, 6) is 4.44. The van der Waals surface area contributed by atoms with E-state index in [0.29, 0.717) is 6.29 Å². The number of rotatable bonds is 1. The second-order valence-corrected chi connectivity index (χ2v) is 2.28. The summed E-state index contributed by atoms with van der Waals surface area (Å²) < 4.78 is 24.6. The number of aldehydes is 1. The Bertz CT molecular complexity index is 361. The Labute approximate surface area is 74.4 Å². The summed E-state index contributed by atoms with van der Waals surface area (Å²) in [6.07, 6.45) is -2.18. The molecule has 0 radical (unpaired) electrons. The van der Waals surface area contributed by atoms with E-state index in [0.717, 1.165) is 0 Å². The first-order valence-corrected chi connectivity index (χ1v) is 3.58.